The SMILES string of the molecule is NCC1Cc2ccccc2CN1C/C=C/Cl. The molecular weight excluding hydrogens is 220 g/mol. The Kier molecular flexibility index (Phi) is 3.99. The van der Waals surface area contributed by atoms with Gasteiger partial charge < -0.3 is 5.73 Å². The fourth-order valence-corrected chi connectivity index (χ4v) is 2.34. The molecule has 1 heterocycles. The Bertz CT molecular complexity index is 376. The molecule has 2 rings (SSSR count). The van der Waals surface area contributed by atoms with Crippen LogP contribution in [0.2, 0.25) is 0 Å². The number of rotatable bonds is 3. The van der Waals surface area contributed by atoms with Gasteiger partial charge >= 0.3 is 0 Å². The molecule has 0 aromatic heterocycles. The van der Waals surface area contributed by atoms with Gasteiger partial charge in [-0.2, -0.15) is 0 Å². The molecule has 0 spiro atoms. The second-order valence-corrected chi connectivity index (χ2v) is 4.41. The Morgan fingerprint density at radius 3 is 2.81 bits per heavy atom. The molecule has 0 aliphatic carbocycles. The van der Waals surface area contributed by atoms with Crippen LogP contribution in [-0.4, -0.2) is 24.0 Å². The fourth-order valence-electron chi connectivity index (χ4n) is 2.26. The van der Waals surface area contributed by atoms with E-state index in [2.05, 4.69) is 29.2 Å². The molecule has 0 amide bonds. The average molecular weight is 237 g/mol. The molecule has 0 saturated heterocycles. The maximum absolute atomic E-state index is 5.82. The third-order valence-corrected chi connectivity index (χ3v) is 3.34. The largest absolute Gasteiger partial charge is 0.329 e. The Labute approximate surface area is 102 Å². The Morgan fingerprint density at radius 2 is 2.12 bits per heavy atom. The van der Waals surface area contributed by atoms with Crippen LogP contribution >= 0.6 is 11.6 Å². The highest BCUT2D eigenvalue weighted by Crippen LogP contribution is 2.22. The predicted molar refractivity (Wildman–Crippen MR) is 68.4 cm³/mol. The summed E-state index contributed by atoms with van der Waals surface area (Å²) in [6, 6.07) is 9.02. The van der Waals surface area contributed by atoms with Crippen LogP contribution in [0.1, 0.15) is 11.1 Å². The van der Waals surface area contributed by atoms with Crippen LogP contribution < -0.4 is 5.73 Å². The summed E-state index contributed by atoms with van der Waals surface area (Å²) in [5.41, 5.74) is 10.2. The number of nitrogens with two attached hydrogens (primary N) is 1. The van der Waals surface area contributed by atoms with E-state index in [0.29, 0.717) is 12.6 Å². The first-order chi connectivity index (χ1) is 7.85. The van der Waals surface area contributed by atoms with Crippen molar-refractivity contribution in [1.29, 1.82) is 0 Å². The van der Waals surface area contributed by atoms with Crippen molar-refractivity contribution in [2.75, 3.05) is 13.1 Å². The van der Waals surface area contributed by atoms with E-state index in [1.807, 2.05) is 6.08 Å². The van der Waals surface area contributed by atoms with Crippen molar-refractivity contribution in [3.63, 3.8) is 0 Å². The van der Waals surface area contributed by atoms with Crippen molar-refractivity contribution >= 4 is 11.6 Å². The van der Waals surface area contributed by atoms with Gasteiger partial charge in [0, 0.05) is 31.2 Å². The fraction of sp³-hybridized carbons (Fsp3) is 0.385. The molecule has 86 valence electrons. The van der Waals surface area contributed by atoms with Crippen LogP contribution in [0.25, 0.3) is 0 Å². The molecule has 0 saturated carbocycles. The van der Waals surface area contributed by atoms with Crippen molar-refractivity contribution in [3.8, 4) is 0 Å². The lowest BCUT2D eigenvalue weighted by Crippen LogP contribution is -2.44. The normalized spacial score (nSPS) is 21.2. The summed E-state index contributed by atoms with van der Waals surface area (Å²) in [6.07, 6.45) is 3.01. The summed E-state index contributed by atoms with van der Waals surface area (Å²) in [6.45, 7) is 2.55. The Morgan fingerprint density at radius 1 is 1.38 bits per heavy atom. The number of nitrogens with zero attached hydrogens (tertiary/aromatic N) is 1. The molecule has 0 radical (unpaired) electrons. The lowest BCUT2D eigenvalue weighted by atomic mass is 9.94. The van der Waals surface area contributed by atoms with Gasteiger partial charge in [0.25, 0.3) is 0 Å². The van der Waals surface area contributed by atoms with Crippen LogP contribution in [-0.2, 0) is 13.0 Å². The van der Waals surface area contributed by atoms with Crippen molar-refractivity contribution in [2.24, 2.45) is 5.73 Å². The van der Waals surface area contributed by atoms with Gasteiger partial charge in [-0.1, -0.05) is 41.9 Å². The number of benzene rings is 1. The quantitative estimate of drug-likeness (QED) is 0.871. The summed E-state index contributed by atoms with van der Waals surface area (Å²) in [4.78, 5) is 2.38. The topological polar surface area (TPSA) is 29.3 Å². The second-order valence-electron chi connectivity index (χ2n) is 4.15. The molecule has 1 unspecified atom stereocenters. The summed E-state index contributed by atoms with van der Waals surface area (Å²) in [7, 11) is 0. The highest BCUT2D eigenvalue weighted by atomic mass is 35.5. The maximum Gasteiger partial charge on any atom is 0.0265 e. The molecule has 1 aliphatic heterocycles. The van der Waals surface area contributed by atoms with E-state index in [0.717, 1.165) is 19.5 Å². The van der Waals surface area contributed by atoms with Gasteiger partial charge in [-0.05, 0) is 17.5 Å². The van der Waals surface area contributed by atoms with Crippen molar-refractivity contribution in [1.82, 2.24) is 4.90 Å². The first-order valence-electron chi connectivity index (χ1n) is 5.61. The van der Waals surface area contributed by atoms with Gasteiger partial charge in [-0.25, -0.2) is 0 Å². The average Bonchev–Trinajstić information content (AvgIpc) is 2.35. The van der Waals surface area contributed by atoms with E-state index in [9.17, 15) is 0 Å². The maximum atomic E-state index is 5.82. The molecule has 1 aliphatic rings. The third kappa shape index (κ3) is 2.46. The molecule has 1 aromatic rings. The zero-order valence-corrected chi connectivity index (χ0v) is 10.0. The molecular formula is C13H17ClN2. The van der Waals surface area contributed by atoms with Crippen LogP contribution in [0.3, 0.4) is 0 Å². The number of hydrogen-bond acceptors (Lipinski definition) is 2. The smallest absolute Gasteiger partial charge is 0.0265 e. The molecule has 2 nitrogen and oxygen atoms in total. The minimum Gasteiger partial charge on any atom is -0.329 e. The highest BCUT2D eigenvalue weighted by molar-refractivity contribution is 6.25. The van der Waals surface area contributed by atoms with Gasteiger partial charge in [0.2, 0.25) is 0 Å². The molecule has 3 heteroatoms. The molecule has 0 fully saturated rings. The Hall–Kier alpha value is -0.830. The third-order valence-electron chi connectivity index (χ3n) is 3.16. The van der Waals surface area contributed by atoms with E-state index in [4.69, 9.17) is 17.3 Å². The van der Waals surface area contributed by atoms with E-state index in [-0.39, 0.29) is 0 Å². The van der Waals surface area contributed by atoms with Gasteiger partial charge in [-0.15, -0.1) is 0 Å². The van der Waals surface area contributed by atoms with Gasteiger partial charge in [0.1, 0.15) is 0 Å². The van der Waals surface area contributed by atoms with E-state index >= 15 is 0 Å². The minimum atomic E-state index is 0.433. The summed E-state index contributed by atoms with van der Waals surface area (Å²) >= 11 is 5.57. The molecule has 16 heavy (non-hydrogen) atoms. The van der Waals surface area contributed by atoms with Gasteiger partial charge in [0.05, 0.1) is 0 Å². The Balaban J connectivity index is 2.17. The highest BCUT2D eigenvalue weighted by Gasteiger charge is 2.23. The minimum absolute atomic E-state index is 0.433. The van der Waals surface area contributed by atoms with E-state index in [1.54, 1.807) is 5.54 Å². The molecule has 2 N–H and O–H groups in total. The van der Waals surface area contributed by atoms with Gasteiger partial charge in [-0.3, -0.25) is 4.90 Å². The summed E-state index contributed by atoms with van der Waals surface area (Å²) in [5.74, 6) is 0. The summed E-state index contributed by atoms with van der Waals surface area (Å²) < 4.78 is 0. The molecule has 0 bridgehead atoms. The zero-order chi connectivity index (χ0) is 11.4. The zero-order valence-electron chi connectivity index (χ0n) is 9.27. The first kappa shape index (κ1) is 11.6. The lowest BCUT2D eigenvalue weighted by Gasteiger charge is -2.35. The first-order valence-corrected chi connectivity index (χ1v) is 6.05. The number of fused-ring (bicyclic) bond motifs is 1. The van der Waals surface area contributed by atoms with Crippen LogP contribution in [0.4, 0.5) is 0 Å². The summed E-state index contributed by atoms with van der Waals surface area (Å²) in [5, 5.41) is 0. The molecule has 1 atom stereocenters. The van der Waals surface area contributed by atoms with Crippen molar-refractivity contribution in [2.45, 2.75) is 19.0 Å². The van der Waals surface area contributed by atoms with Crippen molar-refractivity contribution < 1.29 is 0 Å². The van der Waals surface area contributed by atoms with Crippen LogP contribution in [0.15, 0.2) is 35.9 Å². The number of hydrogen-bond donors (Lipinski definition) is 1. The lowest BCUT2D eigenvalue weighted by molar-refractivity contribution is 0.196. The monoisotopic (exact) mass is 236 g/mol. The van der Waals surface area contributed by atoms with E-state index in [1.165, 1.54) is 11.1 Å². The molecule has 1 aromatic carbocycles. The number of halogens is 1. The predicted octanol–water partition coefficient (Wildman–Crippen LogP) is 2.12. The van der Waals surface area contributed by atoms with Crippen molar-refractivity contribution in [3.05, 3.63) is 47.0 Å². The van der Waals surface area contributed by atoms with Gasteiger partial charge in [0.15, 0.2) is 0 Å². The van der Waals surface area contributed by atoms with E-state index < -0.39 is 0 Å². The second kappa shape index (κ2) is 5.48. The standard InChI is InChI=1S/C13H17ClN2/c14-6-3-7-16-10-12-5-2-1-4-11(12)8-13(16)9-15/h1-6,13H,7-10,15H2/b6-3+. The van der Waals surface area contributed by atoms with Crippen LogP contribution in [0, 0.1) is 0 Å². The van der Waals surface area contributed by atoms with Crippen LogP contribution in [0.5, 0.6) is 0 Å².